The Morgan fingerprint density at radius 1 is 0.788 bits per heavy atom. The summed E-state index contributed by atoms with van der Waals surface area (Å²) in [5, 5.41) is 11.3. The molecule has 276 valence electrons. The number of pyridine rings is 2. The summed E-state index contributed by atoms with van der Waals surface area (Å²) in [4.78, 5) is 34.9. The van der Waals surface area contributed by atoms with Crippen LogP contribution in [0.15, 0.2) is 36.4 Å². The minimum Gasteiger partial charge on any atom is -0.497 e. The molecular formula is C38H45Cl2N7O5. The Labute approximate surface area is 313 Å². The minimum absolute atomic E-state index is 0.0211. The third-order valence-corrected chi connectivity index (χ3v) is 10.9. The van der Waals surface area contributed by atoms with E-state index in [0.717, 1.165) is 50.9 Å². The zero-order chi connectivity index (χ0) is 37.4. The van der Waals surface area contributed by atoms with Crippen molar-refractivity contribution in [1.29, 1.82) is 0 Å². The molecule has 1 aromatic carbocycles. The van der Waals surface area contributed by atoms with E-state index in [2.05, 4.69) is 27.1 Å². The first kappa shape index (κ1) is 37.3. The summed E-state index contributed by atoms with van der Waals surface area (Å²) in [6.45, 7) is 10.6. The fraction of sp³-hybridized carbons (Fsp3) is 0.474. The number of benzene rings is 1. The Morgan fingerprint density at radius 3 is 1.79 bits per heavy atom. The predicted octanol–water partition coefficient (Wildman–Crippen LogP) is 7.38. The number of Topliss-reactive ketones (excluding diaryl/α,β-unsaturated/α-hetero) is 1. The van der Waals surface area contributed by atoms with Gasteiger partial charge in [0.05, 0.1) is 23.9 Å². The predicted molar refractivity (Wildman–Crippen MR) is 200 cm³/mol. The van der Waals surface area contributed by atoms with E-state index >= 15 is 0 Å². The van der Waals surface area contributed by atoms with Gasteiger partial charge in [-0.25, -0.2) is 9.97 Å². The van der Waals surface area contributed by atoms with Gasteiger partial charge in [-0.2, -0.15) is 10.2 Å². The maximum atomic E-state index is 12.8. The number of aryl methyl sites for hydroxylation is 4. The molecule has 1 aliphatic carbocycles. The molecule has 5 aromatic rings. The number of ether oxygens (including phenoxy) is 3. The molecule has 12 nitrogen and oxygen atoms in total. The molecule has 0 radical (unpaired) electrons. The van der Waals surface area contributed by atoms with E-state index in [1.807, 2.05) is 71.0 Å². The lowest BCUT2D eigenvalue weighted by atomic mass is 10.0. The first-order valence-corrected chi connectivity index (χ1v) is 18.3. The summed E-state index contributed by atoms with van der Waals surface area (Å²) in [6, 6.07) is 11.3. The third-order valence-electron chi connectivity index (χ3n) is 10.5. The Morgan fingerprint density at radius 2 is 1.31 bits per heavy atom. The number of likely N-dealkylation sites (tertiary alicyclic amines) is 1. The number of carbonyl (C=O) groups is 2. The second kappa shape index (κ2) is 15.3. The van der Waals surface area contributed by atoms with E-state index in [1.54, 1.807) is 28.6 Å². The van der Waals surface area contributed by atoms with E-state index in [4.69, 9.17) is 37.4 Å². The molecule has 2 aliphatic rings. The Hall–Kier alpha value is -4.42. The average molecular weight is 751 g/mol. The number of fused-ring (bicyclic) bond motifs is 2. The summed E-state index contributed by atoms with van der Waals surface area (Å²) < 4.78 is 21.1. The number of hydrogen-bond acceptors (Lipinski definition) is 9. The van der Waals surface area contributed by atoms with Gasteiger partial charge in [-0.3, -0.25) is 19.0 Å². The van der Waals surface area contributed by atoms with Crippen molar-refractivity contribution in [2.45, 2.75) is 78.6 Å². The van der Waals surface area contributed by atoms with Crippen LogP contribution in [-0.4, -0.2) is 72.0 Å². The number of amides is 1. The van der Waals surface area contributed by atoms with E-state index in [1.165, 1.54) is 0 Å². The van der Waals surface area contributed by atoms with Crippen LogP contribution in [0, 0.1) is 25.7 Å². The molecule has 5 atom stereocenters. The van der Waals surface area contributed by atoms with Crippen molar-refractivity contribution in [3.8, 4) is 17.5 Å². The SMILES string of the molecule is COc1ccc([C@H](C)N2C[C@H]([C@@H](C)Oc3nc(Cl)cc4nn(C)c(C)c34)CC2=O)cc1.Cc1c2c(O[C@H](C)[C@H]3CCC(=O)C3)nc(Cl)cc2nn1C. The second-order valence-electron chi connectivity index (χ2n) is 13.9. The van der Waals surface area contributed by atoms with Gasteiger partial charge in [0.15, 0.2) is 0 Å². The monoisotopic (exact) mass is 749 g/mol. The maximum Gasteiger partial charge on any atom is 0.226 e. The number of nitrogens with zero attached hydrogens (tertiary/aromatic N) is 7. The highest BCUT2D eigenvalue weighted by Crippen LogP contribution is 2.36. The van der Waals surface area contributed by atoms with Crippen LogP contribution in [0.5, 0.6) is 17.5 Å². The molecule has 1 amide bonds. The van der Waals surface area contributed by atoms with Crippen LogP contribution >= 0.6 is 23.2 Å². The fourth-order valence-corrected chi connectivity index (χ4v) is 7.42. The van der Waals surface area contributed by atoms with Gasteiger partial charge in [0.2, 0.25) is 17.7 Å². The third kappa shape index (κ3) is 7.68. The summed E-state index contributed by atoms with van der Waals surface area (Å²) >= 11 is 12.3. The van der Waals surface area contributed by atoms with Gasteiger partial charge < -0.3 is 19.1 Å². The summed E-state index contributed by atoms with van der Waals surface area (Å²) in [6.07, 6.45) is 2.31. The lowest BCUT2D eigenvalue weighted by molar-refractivity contribution is -0.129. The van der Waals surface area contributed by atoms with Gasteiger partial charge in [-0.15, -0.1) is 0 Å². The van der Waals surface area contributed by atoms with Crippen molar-refractivity contribution >= 4 is 56.7 Å². The normalized spacial score (nSPS) is 19.2. The van der Waals surface area contributed by atoms with E-state index in [0.29, 0.717) is 53.7 Å². The van der Waals surface area contributed by atoms with Gasteiger partial charge in [0.25, 0.3) is 0 Å². The Bertz CT molecular complexity index is 2110. The van der Waals surface area contributed by atoms with E-state index in [9.17, 15) is 9.59 Å². The van der Waals surface area contributed by atoms with E-state index < -0.39 is 0 Å². The molecule has 1 aliphatic heterocycles. The highest BCUT2D eigenvalue weighted by atomic mass is 35.5. The first-order valence-electron chi connectivity index (χ1n) is 17.5. The topological polar surface area (TPSA) is 126 Å². The van der Waals surface area contributed by atoms with Gasteiger partial charge in [-0.05, 0) is 58.7 Å². The number of halogens is 2. The van der Waals surface area contributed by atoms with E-state index in [-0.39, 0.29) is 36.0 Å². The molecule has 7 rings (SSSR count). The largest absolute Gasteiger partial charge is 0.497 e. The molecule has 2 fully saturated rings. The standard InChI is InChI=1S/C23H27ClN4O3.C15H18ClN3O2/c1-13(16-6-8-18(30-5)9-7-16)28-12-17(10-21(28)29)15(3)31-23-22-14(2)27(4)26-19(22)11-20(24)25-23;1-8-14-12(18-19(8)3)7-13(16)17-15(14)21-9(2)10-4-5-11(20)6-10/h6-9,11,13,15,17H,10,12H2,1-5H3;7,9-10H,4-6H2,1-3H3/t13-,15+,17+;9-,10+/m01/s1. The second-order valence-corrected chi connectivity index (χ2v) is 14.6. The lowest BCUT2D eigenvalue weighted by Crippen LogP contribution is -2.31. The molecule has 1 saturated heterocycles. The molecule has 14 heteroatoms. The summed E-state index contributed by atoms with van der Waals surface area (Å²) in [7, 11) is 5.40. The van der Waals surface area contributed by atoms with Crippen molar-refractivity contribution in [2.75, 3.05) is 13.7 Å². The van der Waals surface area contributed by atoms with Crippen LogP contribution in [0.1, 0.15) is 69.4 Å². The summed E-state index contributed by atoms with van der Waals surface area (Å²) in [5.74, 6) is 2.54. The van der Waals surface area contributed by atoms with Gasteiger partial charge in [0.1, 0.15) is 45.1 Å². The van der Waals surface area contributed by atoms with Crippen LogP contribution in [0.2, 0.25) is 10.3 Å². The quantitative estimate of drug-likeness (QED) is 0.142. The lowest BCUT2D eigenvalue weighted by Gasteiger charge is -2.26. The molecule has 1 saturated carbocycles. The maximum absolute atomic E-state index is 12.8. The number of hydrogen-bond donors (Lipinski definition) is 0. The Kier molecular flexibility index (Phi) is 11.0. The molecular weight excluding hydrogens is 705 g/mol. The van der Waals surface area contributed by atoms with Crippen molar-refractivity contribution in [1.82, 2.24) is 34.4 Å². The minimum atomic E-state index is -0.203. The average Bonchev–Trinajstić information content (AvgIpc) is 3.86. The first-order chi connectivity index (χ1) is 24.7. The van der Waals surface area contributed by atoms with Crippen molar-refractivity contribution in [3.05, 3.63) is 63.7 Å². The molecule has 0 spiro atoms. The number of carbonyl (C=O) groups excluding carboxylic acids is 2. The molecule has 5 heterocycles. The van der Waals surface area contributed by atoms with Crippen molar-refractivity contribution in [3.63, 3.8) is 0 Å². The van der Waals surface area contributed by atoms with Crippen LogP contribution in [0.25, 0.3) is 21.8 Å². The van der Waals surface area contributed by atoms with Gasteiger partial charge >= 0.3 is 0 Å². The number of methoxy groups -OCH3 is 1. The van der Waals surface area contributed by atoms with Crippen LogP contribution in [0.4, 0.5) is 0 Å². The van der Waals surface area contributed by atoms with Gasteiger partial charge in [-0.1, -0.05) is 35.3 Å². The van der Waals surface area contributed by atoms with Crippen LogP contribution < -0.4 is 14.2 Å². The highest BCUT2D eigenvalue weighted by Gasteiger charge is 2.37. The zero-order valence-corrected chi connectivity index (χ0v) is 32.3. The van der Waals surface area contributed by atoms with Gasteiger partial charge in [0, 0.05) is 75.3 Å². The molecule has 0 unspecified atom stereocenters. The zero-order valence-electron chi connectivity index (χ0n) is 30.8. The highest BCUT2D eigenvalue weighted by molar-refractivity contribution is 6.30. The fourth-order valence-electron chi connectivity index (χ4n) is 7.06. The molecule has 0 N–H and O–H groups in total. The van der Waals surface area contributed by atoms with Crippen LogP contribution in [-0.2, 0) is 23.7 Å². The number of ketones is 1. The molecule has 0 bridgehead atoms. The van der Waals surface area contributed by atoms with Crippen molar-refractivity contribution in [2.24, 2.45) is 25.9 Å². The number of aromatic nitrogens is 6. The Balaban J connectivity index is 0.000000192. The summed E-state index contributed by atoms with van der Waals surface area (Å²) in [5.41, 5.74) is 4.55. The number of rotatable bonds is 9. The smallest absolute Gasteiger partial charge is 0.226 e. The van der Waals surface area contributed by atoms with Crippen molar-refractivity contribution < 1.29 is 23.8 Å². The van der Waals surface area contributed by atoms with Crippen LogP contribution in [0.3, 0.4) is 0 Å². The molecule has 4 aromatic heterocycles. The molecule has 52 heavy (non-hydrogen) atoms.